The van der Waals surface area contributed by atoms with E-state index in [9.17, 15) is 17.2 Å². The number of hydrogen-bond donors (Lipinski definition) is 1. The highest BCUT2D eigenvalue weighted by Gasteiger charge is 2.32. The van der Waals surface area contributed by atoms with Gasteiger partial charge in [0.25, 0.3) is 0 Å². The maximum absolute atomic E-state index is 14.8. The van der Waals surface area contributed by atoms with Gasteiger partial charge in [-0.1, -0.05) is 17.7 Å². The van der Waals surface area contributed by atoms with E-state index in [0.29, 0.717) is 22.2 Å². The molecular formula is C21H16ClF2N7O3S. The zero-order valence-corrected chi connectivity index (χ0v) is 19.3. The zero-order chi connectivity index (χ0) is 24.6. The van der Waals surface area contributed by atoms with Crippen LogP contribution >= 0.6 is 11.6 Å². The Kier molecular flexibility index (Phi) is 6.03. The molecule has 0 unspecified atom stereocenters. The lowest BCUT2D eigenvalue weighted by atomic mass is 10.1. The summed E-state index contributed by atoms with van der Waals surface area (Å²) in [5, 5.41) is 8.48. The molecular weight excluding hydrogens is 504 g/mol. The second-order valence-electron chi connectivity index (χ2n) is 7.57. The van der Waals surface area contributed by atoms with Crippen molar-refractivity contribution in [1.29, 1.82) is 0 Å². The normalized spacial score (nSPS) is 15.0. The second kappa shape index (κ2) is 9.15. The van der Waals surface area contributed by atoms with Crippen molar-refractivity contribution in [3.63, 3.8) is 0 Å². The second-order valence-corrected chi connectivity index (χ2v) is 9.85. The van der Waals surface area contributed by atoms with Crippen molar-refractivity contribution < 1.29 is 21.9 Å². The van der Waals surface area contributed by atoms with Crippen molar-refractivity contribution in [3.05, 3.63) is 77.1 Å². The van der Waals surface area contributed by atoms with E-state index in [2.05, 4.69) is 29.9 Å². The number of benzene rings is 1. The number of rotatable bonds is 6. The largest absolute Gasteiger partial charge is 0.489 e. The smallest absolute Gasteiger partial charge is 0.239 e. The lowest BCUT2D eigenvalue weighted by molar-refractivity contribution is 0.277. The van der Waals surface area contributed by atoms with Crippen LogP contribution in [-0.2, 0) is 16.4 Å². The molecule has 0 fully saturated rings. The van der Waals surface area contributed by atoms with E-state index in [1.54, 1.807) is 6.07 Å². The van der Waals surface area contributed by atoms with E-state index in [1.807, 2.05) is 0 Å². The summed E-state index contributed by atoms with van der Waals surface area (Å²) in [6.07, 6.45) is 5.73. The summed E-state index contributed by atoms with van der Waals surface area (Å²) in [6.45, 7) is -0.111. The number of nitrogens with zero attached hydrogens (tertiary/aromatic N) is 6. The van der Waals surface area contributed by atoms with Crippen LogP contribution in [-0.4, -0.2) is 50.5 Å². The van der Waals surface area contributed by atoms with Gasteiger partial charge < -0.3 is 4.74 Å². The molecule has 10 nitrogen and oxygen atoms in total. The van der Waals surface area contributed by atoms with Crippen LogP contribution in [0.1, 0.15) is 17.4 Å². The minimum atomic E-state index is -3.95. The van der Waals surface area contributed by atoms with Gasteiger partial charge in [0, 0.05) is 36.6 Å². The fourth-order valence-corrected chi connectivity index (χ4v) is 4.72. The topological polar surface area (TPSA) is 125 Å². The quantitative estimate of drug-likeness (QED) is 0.412. The minimum absolute atomic E-state index is 0.0150. The highest BCUT2D eigenvalue weighted by atomic mass is 35.5. The molecule has 5 rings (SSSR count). The highest BCUT2D eigenvalue weighted by Crippen LogP contribution is 2.38. The number of sulfonamides is 1. The van der Waals surface area contributed by atoms with E-state index in [4.69, 9.17) is 16.3 Å². The van der Waals surface area contributed by atoms with Gasteiger partial charge in [0.05, 0.1) is 22.5 Å². The number of nitrogens with one attached hydrogen (secondary N) is 1. The first kappa shape index (κ1) is 23.1. The van der Waals surface area contributed by atoms with Crippen molar-refractivity contribution in [2.24, 2.45) is 0 Å². The molecule has 1 aromatic carbocycles. The van der Waals surface area contributed by atoms with Gasteiger partial charge >= 0.3 is 0 Å². The summed E-state index contributed by atoms with van der Waals surface area (Å²) in [5.41, 5.74) is 0.556. The molecule has 1 aliphatic rings. The summed E-state index contributed by atoms with van der Waals surface area (Å²) < 4.78 is 63.7. The Labute approximate surface area is 203 Å². The van der Waals surface area contributed by atoms with E-state index in [1.165, 1.54) is 35.4 Å². The highest BCUT2D eigenvalue weighted by molar-refractivity contribution is 7.92. The van der Waals surface area contributed by atoms with E-state index < -0.39 is 27.7 Å². The molecule has 0 aliphatic carbocycles. The molecule has 0 spiro atoms. The number of ether oxygens (including phenoxy) is 1. The lowest BCUT2D eigenvalue weighted by Gasteiger charge is -2.21. The summed E-state index contributed by atoms with van der Waals surface area (Å²) in [4.78, 5) is 12.0. The number of aromatic nitrogens is 6. The summed E-state index contributed by atoms with van der Waals surface area (Å²) >= 11 is 5.76. The molecule has 4 heterocycles. The number of fused-ring (bicyclic) bond motifs is 3. The Bertz CT molecular complexity index is 1500. The van der Waals surface area contributed by atoms with Gasteiger partial charge in [0.2, 0.25) is 16.0 Å². The SMILES string of the molecule is O=S(=O)(CCc1ncc(Cl)cn1)Nc1nnc2n1[C@H](c1ccc(F)cc1F)COc1cnccc1-2. The Balaban J connectivity index is 1.52. The van der Waals surface area contributed by atoms with Crippen LogP contribution in [0.5, 0.6) is 5.75 Å². The average molecular weight is 520 g/mol. The maximum Gasteiger partial charge on any atom is 0.239 e. The van der Waals surface area contributed by atoms with Crippen molar-refractivity contribution >= 4 is 27.6 Å². The number of halogens is 3. The van der Waals surface area contributed by atoms with Gasteiger partial charge in [0.15, 0.2) is 5.82 Å². The Morgan fingerprint density at radius 3 is 2.71 bits per heavy atom. The van der Waals surface area contributed by atoms with Crippen molar-refractivity contribution in [2.45, 2.75) is 12.5 Å². The molecule has 0 saturated heterocycles. The first-order valence-electron chi connectivity index (χ1n) is 10.2. The standard InChI is InChI=1S/C21H16ClF2N7O3S/c22-12-8-26-19(27-9-12)4-6-35(32,33)30-21-29-28-20-15-3-5-25-10-18(15)34-11-17(31(20)21)14-2-1-13(23)7-16(14)24/h1-3,5,7-10,17H,4,6,11H2,(H,29,30)/t17-/m0/s1. The van der Waals surface area contributed by atoms with Gasteiger partial charge in [-0.05, 0) is 12.1 Å². The predicted octanol–water partition coefficient (Wildman–Crippen LogP) is 3.03. The van der Waals surface area contributed by atoms with Gasteiger partial charge in [-0.15, -0.1) is 10.2 Å². The minimum Gasteiger partial charge on any atom is -0.489 e. The van der Waals surface area contributed by atoms with Gasteiger partial charge in [-0.2, -0.15) is 0 Å². The van der Waals surface area contributed by atoms with Gasteiger partial charge in [0.1, 0.15) is 35.9 Å². The van der Waals surface area contributed by atoms with Crippen molar-refractivity contribution in [1.82, 2.24) is 29.7 Å². The molecule has 0 bridgehead atoms. The van der Waals surface area contributed by atoms with Crippen molar-refractivity contribution in [2.75, 3.05) is 17.1 Å². The van der Waals surface area contributed by atoms with Crippen LogP contribution in [0.15, 0.2) is 49.1 Å². The van der Waals surface area contributed by atoms with Crippen LogP contribution in [0, 0.1) is 11.6 Å². The summed E-state index contributed by atoms with van der Waals surface area (Å²) in [6, 6.07) is 3.83. The van der Waals surface area contributed by atoms with Crippen LogP contribution in [0.25, 0.3) is 11.4 Å². The van der Waals surface area contributed by atoms with E-state index in [-0.39, 0.29) is 36.1 Å². The molecule has 1 aliphatic heterocycles. The van der Waals surface area contributed by atoms with E-state index >= 15 is 0 Å². The third kappa shape index (κ3) is 4.77. The van der Waals surface area contributed by atoms with Crippen LogP contribution < -0.4 is 9.46 Å². The fourth-order valence-electron chi connectivity index (χ4n) is 3.65. The maximum atomic E-state index is 14.8. The molecule has 0 radical (unpaired) electrons. The fraction of sp³-hybridized carbons (Fsp3) is 0.190. The first-order chi connectivity index (χ1) is 16.8. The third-order valence-electron chi connectivity index (χ3n) is 5.27. The van der Waals surface area contributed by atoms with Crippen molar-refractivity contribution in [3.8, 4) is 17.1 Å². The number of aryl methyl sites for hydroxylation is 1. The molecule has 35 heavy (non-hydrogen) atoms. The molecule has 0 amide bonds. The number of anilines is 1. The van der Waals surface area contributed by atoms with Crippen LogP contribution in [0.2, 0.25) is 5.02 Å². The molecule has 3 aromatic heterocycles. The number of hydrogen-bond acceptors (Lipinski definition) is 8. The monoisotopic (exact) mass is 519 g/mol. The van der Waals surface area contributed by atoms with Gasteiger partial charge in [-0.25, -0.2) is 27.2 Å². The Morgan fingerprint density at radius 1 is 1.14 bits per heavy atom. The van der Waals surface area contributed by atoms with Crippen LogP contribution in [0.3, 0.4) is 0 Å². The van der Waals surface area contributed by atoms with Crippen LogP contribution in [0.4, 0.5) is 14.7 Å². The summed E-state index contributed by atoms with van der Waals surface area (Å²) in [7, 11) is -3.95. The molecule has 1 N–H and O–H groups in total. The Morgan fingerprint density at radius 2 is 1.94 bits per heavy atom. The zero-order valence-electron chi connectivity index (χ0n) is 17.8. The average Bonchev–Trinajstić information content (AvgIpc) is 3.14. The molecule has 14 heteroatoms. The van der Waals surface area contributed by atoms with Gasteiger partial charge in [-0.3, -0.25) is 14.3 Å². The first-order valence-corrected chi connectivity index (χ1v) is 12.3. The van der Waals surface area contributed by atoms with E-state index in [0.717, 1.165) is 12.1 Å². The predicted molar refractivity (Wildman–Crippen MR) is 121 cm³/mol. The summed E-state index contributed by atoms with van der Waals surface area (Å²) in [5.74, 6) is -1.20. The third-order valence-corrected chi connectivity index (χ3v) is 6.70. The molecule has 1 atom stereocenters. The molecule has 0 saturated carbocycles. The molecule has 4 aromatic rings. The number of pyridine rings is 1. The molecule has 180 valence electrons. The Hall–Kier alpha value is -3.71. The lowest BCUT2D eigenvalue weighted by Crippen LogP contribution is -2.25.